The Morgan fingerprint density at radius 1 is 1.00 bits per heavy atom. The van der Waals surface area contributed by atoms with E-state index in [0.29, 0.717) is 13.1 Å². The SMILES string of the molecule is CC1CN(C(N)=O)C(C)CN1C(N)=O. The Morgan fingerprint density at radius 3 is 1.50 bits per heavy atom. The quantitative estimate of drug-likeness (QED) is 0.553. The fourth-order valence-corrected chi connectivity index (χ4v) is 1.74. The fourth-order valence-electron chi connectivity index (χ4n) is 1.74. The lowest BCUT2D eigenvalue weighted by molar-refractivity contribution is 0.0883. The summed E-state index contributed by atoms with van der Waals surface area (Å²) in [5.41, 5.74) is 10.4. The number of hydrogen-bond acceptors (Lipinski definition) is 2. The number of rotatable bonds is 0. The molecule has 2 unspecified atom stereocenters. The van der Waals surface area contributed by atoms with Crippen molar-refractivity contribution < 1.29 is 9.59 Å². The topological polar surface area (TPSA) is 92.7 Å². The molecule has 1 aliphatic heterocycles. The van der Waals surface area contributed by atoms with Crippen molar-refractivity contribution in [1.29, 1.82) is 0 Å². The molecule has 0 aromatic carbocycles. The summed E-state index contributed by atoms with van der Waals surface area (Å²) in [6.45, 7) is 4.57. The third-order valence-electron chi connectivity index (χ3n) is 2.55. The maximum absolute atomic E-state index is 11.0. The molecule has 0 aromatic rings. The molecule has 14 heavy (non-hydrogen) atoms. The molecule has 0 saturated carbocycles. The lowest BCUT2D eigenvalue weighted by Crippen LogP contribution is -2.61. The van der Waals surface area contributed by atoms with E-state index in [0.717, 1.165) is 0 Å². The normalized spacial score (nSPS) is 27.6. The van der Waals surface area contributed by atoms with Crippen LogP contribution in [0.15, 0.2) is 0 Å². The first-order chi connectivity index (χ1) is 6.43. The number of carbonyl (C=O) groups is 2. The van der Waals surface area contributed by atoms with Gasteiger partial charge in [-0.3, -0.25) is 0 Å². The first-order valence-electron chi connectivity index (χ1n) is 4.55. The Bertz CT molecular complexity index is 230. The first kappa shape index (κ1) is 10.6. The zero-order chi connectivity index (χ0) is 10.9. The third kappa shape index (κ3) is 1.89. The van der Waals surface area contributed by atoms with Gasteiger partial charge in [-0.2, -0.15) is 0 Å². The highest BCUT2D eigenvalue weighted by molar-refractivity contribution is 5.75. The van der Waals surface area contributed by atoms with Crippen LogP contribution in [0.1, 0.15) is 13.8 Å². The molecule has 0 spiro atoms. The Balaban J connectivity index is 2.71. The van der Waals surface area contributed by atoms with E-state index in [9.17, 15) is 9.59 Å². The van der Waals surface area contributed by atoms with E-state index in [1.54, 1.807) is 9.80 Å². The van der Waals surface area contributed by atoms with Crippen molar-refractivity contribution in [3.8, 4) is 0 Å². The summed E-state index contributed by atoms with van der Waals surface area (Å²) in [6.07, 6.45) is 0. The number of carbonyl (C=O) groups excluding carboxylic acids is 2. The number of piperazine rings is 1. The Hall–Kier alpha value is -1.46. The maximum Gasteiger partial charge on any atom is 0.315 e. The molecule has 4 amide bonds. The molecule has 0 aliphatic carbocycles. The molecule has 0 bridgehead atoms. The molecule has 1 rings (SSSR count). The van der Waals surface area contributed by atoms with Gasteiger partial charge in [0.2, 0.25) is 0 Å². The van der Waals surface area contributed by atoms with Crippen molar-refractivity contribution in [1.82, 2.24) is 9.80 Å². The van der Waals surface area contributed by atoms with Crippen molar-refractivity contribution in [3.05, 3.63) is 0 Å². The van der Waals surface area contributed by atoms with E-state index in [4.69, 9.17) is 11.5 Å². The second-order valence-electron chi connectivity index (χ2n) is 3.68. The zero-order valence-electron chi connectivity index (χ0n) is 8.43. The van der Waals surface area contributed by atoms with E-state index in [1.807, 2.05) is 13.8 Å². The average molecular weight is 200 g/mol. The summed E-state index contributed by atoms with van der Waals surface area (Å²) < 4.78 is 0. The summed E-state index contributed by atoms with van der Waals surface area (Å²) in [7, 11) is 0. The molecule has 0 aromatic heterocycles. The molecule has 1 saturated heterocycles. The van der Waals surface area contributed by atoms with Crippen LogP contribution in [0, 0.1) is 0 Å². The van der Waals surface area contributed by atoms with Crippen LogP contribution in [0.5, 0.6) is 0 Å². The number of nitrogens with zero attached hydrogens (tertiary/aromatic N) is 2. The van der Waals surface area contributed by atoms with Gasteiger partial charge in [-0.1, -0.05) is 0 Å². The van der Waals surface area contributed by atoms with Crippen molar-refractivity contribution in [2.24, 2.45) is 11.5 Å². The van der Waals surface area contributed by atoms with E-state index in [-0.39, 0.29) is 12.1 Å². The molecule has 1 fully saturated rings. The third-order valence-corrected chi connectivity index (χ3v) is 2.55. The number of amides is 4. The molecule has 6 heteroatoms. The molecular formula is C8H16N4O2. The van der Waals surface area contributed by atoms with Crippen LogP contribution in [-0.2, 0) is 0 Å². The molecule has 1 aliphatic rings. The highest BCUT2D eigenvalue weighted by Gasteiger charge is 2.32. The van der Waals surface area contributed by atoms with Crippen molar-refractivity contribution >= 4 is 12.1 Å². The van der Waals surface area contributed by atoms with E-state index in [1.165, 1.54) is 0 Å². The molecule has 4 N–H and O–H groups in total. The molecule has 1 heterocycles. The Labute approximate surface area is 82.8 Å². The highest BCUT2D eigenvalue weighted by atomic mass is 16.2. The largest absolute Gasteiger partial charge is 0.351 e. The lowest BCUT2D eigenvalue weighted by atomic mass is 10.1. The minimum Gasteiger partial charge on any atom is -0.351 e. The van der Waals surface area contributed by atoms with Gasteiger partial charge in [-0.05, 0) is 13.8 Å². The van der Waals surface area contributed by atoms with Crippen LogP contribution in [0.3, 0.4) is 0 Å². The van der Waals surface area contributed by atoms with Crippen LogP contribution in [-0.4, -0.2) is 47.0 Å². The summed E-state index contributed by atoms with van der Waals surface area (Å²) >= 11 is 0. The molecular weight excluding hydrogens is 184 g/mol. The molecule has 2 atom stereocenters. The van der Waals surface area contributed by atoms with Crippen molar-refractivity contribution in [2.45, 2.75) is 25.9 Å². The van der Waals surface area contributed by atoms with Gasteiger partial charge in [0.1, 0.15) is 0 Å². The first-order valence-corrected chi connectivity index (χ1v) is 4.55. The second-order valence-corrected chi connectivity index (χ2v) is 3.68. The van der Waals surface area contributed by atoms with Gasteiger partial charge in [0.05, 0.1) is 0 Å². The van der Waals surface area contributed by atoms with Crippen molar-refractivity contribution in [2.75, 3.05) is 13.1 Å². The number of nitrogens with two attached hydrogens (primary N) is 2. The number of primary amides is 2. The van der Waals surface area contributed by atoms with Crippen LogP contribution in [0.2, 0.25) is 0 Å². The molecule has 80 valence electrons. The molecule has 6 nitrogen and oxygen atoms in total. The summed E-state index contributed by atoms with van der Waals surface area (Å²) in [5.74, 6) is 0. The summed E-state index contributed by atoms with van der Waals surface area (Å²) in [5, 5.41) is 0. The van der Waals surface area contributed by atoms with Crippen molar-refractivity contribution in [3.63, 3.8) is 0 Å². The van der Waals surface area contributed by atoms with E-state index in [2.05, 4.69) is 0 Å². The minimum absolute atomic E-state index is 0.0730. The second kappa shape index (κ2) is 3.73. The average Bonchev–Trinajstić information content (AvgIpc) is 2.07. The number of urea groups is 2. The Kier molecular flexibility index (Phi) is 2.83. The van der Waals surface area contributed by atoms with Crippen LogP contribution < -0.4 is 11.5 Å². The lowest BCUT2D eigenvalue weighted by Gasteiger charge is -2.42. The fraction of sp³-hybridized carbons (Fsp3) is 0.750. The maximum atomic E-state index is 11.0. The van der Waals surface area contributed by atoms with Gasteiger partial charge in [0, 0.05) is 25.2 Å². The van der Waals surface area contributed by atoms with Gasteiger partial charge in [-0.25, -0.2) is 9.59 Å². The highest BCUT2D eigenvalue weighted by Crippen LogP contribution is 2.14. The van der Waals surface area contributed by atoms with Gasteiger partial charge >= 0.3 is 12.1 Å². The Morgan fingerprint density at radius 2 is 1.29 bits per heavy atom. The van der Waals surface area contributed by atoms with Gasteiger partial charge in [-0.15, -0.1) is 0 Å². The van der Waals surface area contributed by atoms with Gasteiger partial charge < -0.3 is 21.3 Å². The van der Waals surface area contributed by atoms with Crippen LogP contribution in [0.4, 0.5) is 9.59 Å². The monoisotopic (exact) mass is 200 g/mol. The number of hydrogen-bond donors (Lipinski definition) is 2. The summed E-state index contributed by atoms with van der Waals surface area (Å²) in [6, 6.07) is -1.05. The zero-order valence-corrected chi connectivity index (χ0v) is 8.43. The van der Waals surface area contributed by atoms with Gasteiger partial charge in [0.15, 0.2) is 0 Å². The van der Waals surface area contributed by atoms with Gasteiger partial charge in [0.25, 0.3) is 0 Å². The summed E-state index contributed by atoms with van der Waals surface area (Å²) in [4.78, 5) is 25.1. The minimum atomic E-state index is -0.450. The van der Waals surface area contributed by atoms with Crippen LogP contribution >= 0.6 is 0 Å². The predicted molar refractivity (Wildman–Crippen MR) is 51.5 cm³/mol. The van der Waals surface area contributed by atoms with Crippen LogP contribution in [0.25, 0.3) is 0 Å². The standard InChI is InChI=1S/C8H16N4O2/c1-5-3-12(8(10)14)6(2)4-11(5)7(9)13/h5-6H,3-4H2,1-2H3,(H2,9,13)(H2,10,14). The molecule has 0 radical (unpaired) electrons. The smallest absolute Gasteiger partial charge is 0.315 e. The van der Waals surface area contributed by atoms with E-state index >= 15 is 0 Å². The predicted octanol–water partition coefficient (Wildman–Crippen LogP) is -0.462. The van der Waals surface area contributed by atoms with E-state index < -0.39 is 12.1 Å².